The largest absolute Gasteiger partial charge is 0.322 e. The summed E-state index contributed by atoms with van der Waals surface area (Å²) >= 11 is 1.47. The number of aromatic nitrogens is 2. The van der Waals surface area contributed by atoms with Crippen LogP contribution in [-0.4, -0.2) is 15.9 Å². The van der Waals surface area contributed by atoms with Crippen LogP contribution < -0.4 is 5.32 Å². The van der Waals surface area contributed by atoms with E-state index in [0.717, 1.165) is 38.6 Å². The topological polar surface area (TPSA) is 54.9 Å². The minimum absolute atomic E-state index is 0.0443. The van der Waals surface area contributed by atoms with Crippen molar-refractivity contribution in [1.29, 1.82) is 0 Å². The highest BCUT2D eigenvalue weighted by Crippen LogP contribution is 2.33. The second kappa shape index (κ2) is 6.85. The first-order valence-corrected chi connectivity index (χ1v) is 8.92. The zero-order valence-electron chi connectivity index (χ0n) is 14.2. The van der Waals surface area contributed by atoms with Gasteiger partial charge >= 0.3 is 0 Å². The van der Waals surface area contributed by atoms with Gasteiger partial charge in [-0.15, -0.1) is 0 Å². The molecule has 2 aromatic heterocycles. The fraction of sp³-hybridized carbons (Fsp3) is 0.0500. The molecular weight excluding hydrogens is 368 g/mol. The van der Waals surface area contributed by atoms with Crippen LogP contribution in [0.15, 0.2) is 54.7 Å². The van der Waals surface area contributed by atoms with E-state index in [1.165, 1.54) is 17.4 Å². The number of fused-ring (bicyclic) bond motifs is 1. The van der Waals surface area contributed by atoms with Gasteiger partial charge in [-0.25, -0.2) is 18.7 Å². The van der Waals surface area contributed by atoms with Crippen molar-refractivity contribution in [3.05, 3.63) is 77.5 Å². The Hall–Kier alpha value is -3.19. The lowest BCUT2D eigenvalue weighted by Crippen LogP contribution is -2.13. The van der Waals surface area contributed by atoms with Crippen LogP contribution in [0.1, 0.15) is 15.9 Å². The third-order valence-electron chi connectivity index (χ3n) is 4.16. The maximum atomic E-state index is 13.4. The molecule has 0 spiro atoms. The van der Waals surface area contributed by atoms with Gasteiger partial charge in [-0.05, 0) is 48.9 Å². The molecule has 0 atom stereocenters. The Labute approximate surface area is 157 Å². The summed E-state index contributed by atoms with van der Waals surface area (Å²) in [4.78, 5) is 22.1. The fourth-order valence-corrected chi connectivity index (χ4v) is 3.71. The highest BCUT2D eigenvalue weighted by Gasteiger charge is 2.15. The molecule has 0 aliphatic rings. The lowest BCUT2D eigenvalue weighted by atomic mass is 10.1. The Kier molecular flexibility index (Phi) is 4.37. The van der Waals surface area contributed by atoms with E-state index in [2.05, 4.69) is 15.3 Å². The molecule has 4 nitrogen and oxygen atoms in total. The van der Waals surface area contributed by atoms with Crippen LogP contribution in [0.25, 0.3) is 20.9 Å². The van der Waals surface area contributed by atoms with Gasteiger partial charge in [0.1, 0.15) is 15.4 Å². The summed E-state index contributed by atoms with van der Waals surface area (Å²) < 4.78 is 26.4. The number of hydrogen-bond donors (Lipinski definition) is 1. The first-order valence-electron chi connectivity index (χ1n) is 8.11. The van der Waals surface area contributed by atoms with Crippen LogP contribution in [0.4, 0.5) is 14.5 Å². The summed E-state index contributed by atoms with van der Waals surface area (Å²) in [6.07, 6.45) is 1.72. The van der Waals surface area contributed by atoms with E-state index in [1.54, 1.807) is 12.3 Å². The van der Waals surface area contributed by atoms with Gasteiger partial charge in [0.25, 0.3) is 5.91 Å². The number of amides is 1. The van der Waals surface area contributed by atoms with Gasteiger partial charge in [0.2, 0.25) is 0 Å². The highest BCUT2D eigenvalue weighted by atomic mass is 32.1. The van der Waals surface area contributed by atoms with E-state index < -0.39 is 17.5 Å². The molecule has 0 aliphatic heterocycles. The Bertz CT molecular complexity index is 1140. The number of pyridine rings is 1. The van der Waals surface area contributed by atoms with Crippen molar-refractivity contribution >= 4 is 33.3 Å². The molecule has 0 aliphatic carbocycles. The molecule has 0 saturated heterocycles. The summed E-state index contributed by atoms with van der Waals surface area (Å²) in [5.74, 6) is -2.57. The Morgan fingerprint density at radius 2 is 1.93 bits per heavy atom. The van der Waals surface area contributed by atoms with Gasteiger partial charge in [-0.2, -0.15) is 0 Å². The minimum Gasteiger partial charge on any atom is -0.322 e. The van der Waals surface area contributed by atoms with Crippen molar-refractivity contribution in [3.63, 3.8) is 0 Å². The van der Waals surface area contributed by atoms with Crippen molar-refractivity contribution in [1.82, 2.24) is 9.97 Å². The number of carbonyl (C=O) groups excluding carboxylic acids is 1. The number of nitrogens with one attached hydrogen (secondary N) is 1. The predicted octanol–water partition coefficient (Wildman–Crippen LogP) is 5.20. The van der Waals surface area contributed by atoms with Gasteiger partial charge in [-0.3, -0.25) is 4.79 Å². The van der Waals surface area contributed by atoms with Crippen LogP contribution >= 0.6 is 11.3 Å². The number of rotatable bonds is 3. The zero-order valence-corrected chi connectivity index (χ0v) is 15.0. The molecule has 134 valence electrons. The molecule has 4 rings (SSSR count). The maximum Gasteiger partial charge on any atom is 0.255 e. The van der Waals surface area contributed by atoms with Gasteiger partial charge < -0.3 is 5.32 Å². The number of thiazole rings is 1. The molecular formula is C20H13F2N3OS. The molecule has 0 unspecified atom stereocenters. The first-order chi connectivity index (χ1) is 13.0. The second-order valence-electron chi connectivity index (χ2n) is 5.91. The number of anilines is 1. The fourth-order valence-electron chi connectivity index (χ4n) is 2.72. The lowest BCUT2D eigenvalue weighted by Gasteiger charge is -2.11. The minimum atomic E-state index is -1.06. The van der Waals surface area contributed by atoms with E-state index in [1.807, 2.05) is 31.2 Å². The molecule has 27 heavy (non-hydrogen) atoms. The number of benzene rings is 2. The van der Waals surface area contributed by atoms with E-state index >= 15 is 0 Å². The van der Waals surface area contributed by atoms with Crippen molar-refractivity contribution in [2.45, 2.75) is 6.92 Å². The molecule has 0 saturated carbocycles. The van der Waals surface area contributed by atoms with Crippen molar-refractivity contribution in [3.8, 4) is 10.6 Å². The molecule has 0 radical (unpaired) electrons. The SMILES string of the molecule is Cc1c(NC(=O)c2ccc(F)c(F)c2)cccc1-c1nc2cccnc2s1. The quantitative estimate of drug-likeness (QED) is 0.531. The normalized spacial score (nSPS) is 10.9. The van der Waals surface area contributed by atoms with Gasteiger partial charge in [0.05, 0.1) is 0 Å². The summed E-state index contributed by atoms with van der Waals surface area (Å²) in [6, 6.07) is 12.3. The lowest BCUT2D eigenvalue weighted by molar-refractivity contribution is 0.102. The van der Waals surface area contributed by atoms with Crippen LogP contribution in [0, 0.1) is 18.6 Å². The van der Waals surface area contributed by atoms with Crippen LogP contribution in [0.2, 0.25) is 0 Å². The third kappa shape index (κ3) is 3.29. The molecule has 1 N–H and O–H groups in total. The van der Waals surface area contributed by atoms with Crippen LogP contribution in [0.3, 0.4) is 0 Å². The summed E-state index contributed by atoms with van der Waals surface area (Å²) in [6.45, 7) is 1.87. The number of hydrogen-bond acceptors (Lipinski definition) is 4. The number of carbonyl (C=O) groups is 1. The average molecular weight is 381 g/mol. The van der Waals surface area contributed by atoms with Crippen molar-refractivity contribution in [2.24, 2.45) is 0 Å². The Morgan fingerprint density at radius 3 is 2.70 bits per heavy atom. The second-order valence-corrected chi connectivity index (χ2v) is 6.89. The van der Waals surface area contributed by atoms with Gasteiger partial charge in [0.15, 0.2) is 11.6 Å². The first kappa shape index (κ1) is 17.2. The zero-order chi connectivity index (χ0) is 19.0. The average Bonchev–Trinajstić information content (AvgIpc) is 3.09. The smallest absolute Gasteiger partial charge is 0.255 e. The molecule has 4 aromatic rings. The van der Waals surface area contributed by atoms with Gasteiger partial charge in [0, 0.05) is 23.0 Å². The Balaban J connectivity index is 1.67. The van der Waals surface area contributed by atoms with Crippen LogP contribution in [0.5, 0.6) is 0 Å². The summed E-state index contributed by atoms with van der Waals surface area (Å²) in [5.41, 5.74) is 3.14. The summed E-state index contributed by atoms with van der Waals surface area (Å²) in [5, 5.41) is 3.55. The molecule has 0 fully saturated rings. The molecule has 2 aromatic carbocycles. The monoisotopic (exact) mass is 381 g/mol. The number of halogens is 2. The van der Waals surface area contributed by atoms with Crippen molar-refractivity contribution in [2.75, 3.05) is 5.32 Å². The Morgan fingerprint density at radius 1 is 1.07 bits per heavy atom. The standard InChI is InChI=1S/C20H13F2N3OS/c1-11-13(19-25-17-6-3-9-23-20(17)27-19)4-2-5-16(11)24-18(26)12-7-8-14(21)15(22)10-12/h2-10H,1H3,(H,24,26). The van der Waals surface area contributed by atoms with Crippen molar-refractivity contribution < 1.29 is 13.6 Å². The van der Waals surface area contributed by atoms with Crippen LogP contribution in [-0.2, 0) is 0 Å². The van der Waals surface area contributed by atoms with E-state index in [-0.39, 0.29) is 5.56 Å². The van der Waals surface area contributed by atoms with E-state index in [9.17, 15) is 13.6 Å². The predicted molar refractivity (Wildman–Crippen MR) is 102 cm³/mol. The maximum absolute atomic E-state index is 13.4. The highest BCUT2D eigenvalue weighted by molar-refractivity contribution is 7.21. The molecule has 2 heterocycles. The molecule has 7 heteroatoms. The molecule has 0 bridgehead atoms. The van der Waals surface area contributed by atoms with E-state index in [4.69, 9.17) is 0 Å². The van der Waals surface area contributed by atoms with Gasteiger partial charge in [-0.1, -0.05) is 23.5 Å². The third-order valence-corrected chi connectivity index (χ3v) is 5.17. The molecule has 1 amide bonds. The number of nitrogens with zero attached hydrogens (tertiary/aromatic N) is 2. The van der Waals surface area contributed by atoms with E-state index in [0.29, 0.717) is 5.69 Å². The summed E-state index contributed by atoms with van der Waals surface area (Å²) in [7, 11) is 0.